The van der Waals surface area contributed by atoms with Gasteiger partial charge in [-0.2, -0.15) is 5.10 Å². The molecule has 2 N–H and O–H groups in total. The van der Waals surface area contributed by atoms with E-state index in [4.69, 9.17) is 4.74 Å². The minimum atomic E-state index is 0.356. The first-order chi connectivity index (χ1) is 13.6. The van der Waals surface area contributed by atoms with Crippen LogP contribution in [0.15, 0.2) is 35.3 Å². The van der Waals surface area contributed by atoms with E-state index >= 15 is 0 Å². The Morgan fingerprint density at radius 2 is 2.04 bits per heavy atom. The molecule has 1 aromatic heterocycles. The number of aliphatic imine (C=N–C) groups is 1. The molecular formula is C22H33N5O. The molecule has 0 saturated heterocycles. The molecule has 1 aliphatic carbocycles. The number of hydrogen-bond acceptors (Lipinski definition) is 3. The summed E-state index contributed by atoms with van der Waals surface area (Å²) < 4.78 is 7.31. The fraction of sp³-hybridized carbons (Fsp3) is 0.545. The van der Waals surface area contributed by atoms with Crippen LogP contribution in [0, 0.1) is 19.3 Å². The van der Waals surface area contributed by atoms with Gasteiger partial charge in [-0.3, -0.25) is 4.99 Å². The highest BCUT2D eigenvalue weighted by atomic mass is 16.5. The molecule has 1 saturated carbocycles. The van der Waals surface area contributed by atoms with Crippen molar-refractivity contribution in [1.29, 1.82) is 0 Å². The van der Waals surface area contributed by atoms with Gasteiger partial charge in [0.25, 0.3) is 0 Å². The molecule has 0 amide bonds. The average molecular weight is 384 g/mol. The number of aromatic nitrogens is 2. The van der Waals surface area contributed by atoms with Crippen molar-refractivity contribution in [2.24, 2.45) is 10.4 Å². The molecule has 1 aromatic carbocycles. The van der Waals surface area contributed by atoms with Gasteiger partial charge in [0.2, 0.25) is 0 Å². The third-order valence-corrected chi connectivity index (χ3v) is 5.78. The highest BCUT2D eigenvalue weighted by molar-refractivity contribution is 5.79. The Labute approximate surface area is 168 Å². The highest BCUT2D eigenvalue weighted by Crippen LogP contribution is 2.43. The second-order valence-electron chi connectivity index (χ2n) is 7.84. The number of methoxy groups -OCH3 is 1. The van der Waals surface area contributed by atoms with E-state index in [1.165, 1.54) is 24.8 Å². The predicted octanol–water partition coefficient (Wildman–Crippen LogP) is 3.36. The molecule has 0 unspecified atom stereocenters. The fourth-order valence-electron chi connectivity index (χ4n) is 3.92. The van der Waals surface area contributed by atoms with Crippen LogP contribution < -0.4 is 10.6 Å². The maximum Gasteiger partial charge on any atom is 0.191 e. The Balaban J connectivity index is 1.62. The molecule has 6 heteroatoms. The molecule has 6 nitrogen and oxygen atoms in total. The average Bonchev–Trinajstić information content (AvgIpc) is 3.01. The zero-order chi connectivity index (χ0) is 20.0. The molecular weight excluding hydrogens is 350 g/mol. The second kappa shape index (κ2) is 9.24. The van der Waals surface area contributed by atoms with Crippen molar-refractivity contribution in [1.82, 2.24) is 20.4 Å². The van der Waals surface area contributed by atoms with Crippen molar-refractivity contribution >= 4 is 5.96 Å². The van der Waals surface area contributed by atoms with E-state index in [1.807, 2.05) is 18.7 Å². The monoisotopic (exact) mass is 383 g/mol. The van der Waals surface area contributed by atoms with Gasteiger partial charge < -0.3 is 15.4 Å². The quantitative estimate of drug-likeness (QED) is 0.542. The van der Waals surface area contributed by atoms with Gasteiger partial charge in [-0.1, -0.05) is 24.6 Å². The number of rotatable bonds is 8. The Morgan fingerprint density at radius 3 is 2.64 bits per heavy atom. The van der Waals surface area contributed by atoms with Gasteiger partial charge in [-0.05, 0) is 56.2 Å². The summed E-state index contributed by atoms with van der Waals surface area (Å²) in [5.41, 5.74) is 4.81. The number of ether oxygens (including phenoxy) is 1. The number of nitrogens with one attached hydrogen (secondary N) is 2. The Hall–Kier alpha value is -2.34. The number of nitrogens with zero attached hydrogens (tertiary/aromatic N) is 3. The van der Waals surface area contributed by atoms with Crippen LogP contribution in [0.2, 0.25) is 0 Å². The molecule has 1 fully saturated rings. The minimum absolute atomic E-state index is 0.356. The lowest BCUT2D eigenvalue weighted by atomic mass is 9.67. The van der Waals surface area contributed by atoms with E-state index in [1.54, 1.807) is 7.11 Å². The van der Waals surface area contributed by atoms with E-state index in [-0.39, 0.29) is 0 Å². The van der Waals surface area contributed by atoms with Gasteiger partial charge >= 0.3 is 0 Å². The van der Waals surface area contributed by atoms with Gasteiger partial charge in [0.05, 0.1) is 11.4 Å². The largest absolute Gasteiger partial charge is 0.385 e. The number of benzene rings is 1. The van der Waals surface area contributed by atoms with E-state index < -0.39 is 0 Å². The summed E-state index contributed by atoms with van der Waals surface area (Å²) >= 11 is 0. The summed E-state index contributed by atoms with van der Waals surface area (Å²) in [7, 11) is 3.60. The van der Waals surface area contributed by atoms with Crippen LogP contribution in [-0.4, -0.2) is 43.0 Å². The van der Waals surface area contributed by atoms with Crippen molar-refractivity contribution in [2.45, 2.75) is 46.1 Å². The molecule has 152 valence electrons. The number of para-hydroxylation sites is 1. The zero-order valence-electron chi connectivity index (χ0n) is 17.6. The van der Waals surface area contributed by atoms with Gasteiger partial charge in [0.1, 0.15) is 0 Å². The molecule has 0 spiro atoms. The smallest absolute Gasteiger partial charge is 0.191 e. The van der Waals surface area contributed by atoms with Crippen LogP contribution in [0.4, 0.5) is 0 Å². The van der Waals surface area contributed by atoms with Crippen molar-refractivity contribution in [3.05, 3.63) is 47.3 Å². The fourth-order valence-corrected chi connectivity index (χ4v) is 3.92. The first-order valence-corrected chi connectivity index (χ1v) is 10.1. The molecule has 1 heterocycles. The van der Waals surface area contributed by atoms with Gasteiger partial charge in [0.15, 0.2) is 5.96 Å². The van der Waals surface area contributed by atoms with Crippen molar-refractivity contribution in [2.75, 3.05) is 27.3 Å². The third kappa shape index (κ3) is 4.73. The Kier molecular flexibility index (Phi) is 6.73. The van der Waals surface area contributed by atoms with E-state index in [0.29, 0.717) is 12.0 Å². The van der Waals surface area contributed by atoms with Crippen LogP contribution in [-0.2, 0) is 11.3 Å². The van der Waals surface area contributed by atoms with E-state index in [2.05, 4.69) is 58.0 Å². The van der Waals surface area contributed by atoms with Crippen LogP contribution in [0.3, 0.4) is 0 Å². The lowest BCUT2D eigenvalue weighted by Gasteiger charge is -2.42. The Morgan fingerprint density at radius 1 is 1.25 bits per heavy atom. The first kappa shape index (κ1) is 20.4. The minimum Gasteiger partial charge on any atom is -0.385 e. The molecule has 0 atom stereocenters. The van der Waals surface area contributed by atoms with Gasteiger partial charge in [-0.15, -0.1) is 0 Å². The van der Waals surface area contributed by atoms with Crippen molar-refractivity contribution in [3.8, 4) is 5.69 Å². The standard InChI is InChI=1S/C22H33N5O/c1-17-14-18(2)27(26-17)20-9-6-5-8-19(20)15-24-21(23-3)25-16-22(10-7-11-22)12-13-28-4/h5-6,8-9,14H,7,10-13,15-16H2,1-4H3,(H2,23,24,25). The lowest BCUT2D eigenvalue weighted by Crippen LogP contribution is -2.46. The van der Waals surface area contributed by atoms with E-state index in [0.717, 1.165) is 42.6 Å². The number of hydrogen-bond donors (Lipinski definition) is 2. The molecule has 0 radical (unpaired) electrons. The first-order valence-electron chi connectivity index (χ1n) is 10.1. The van der Waals surface area contributed by atoms with Crippen LogP contribution in [0.5, 0.6) is 0 Å². The lowest BCUT2D eigenvalue weighted by molar-refractivity contribution is 0.0732. The van der Waals surface area contributed by atoms with Gasteiger partial charge in [0, 0.05) is 39.5 Å². The van der Waals surface area contributed by atoms with Crippen LogP contribution >= 0.6 is 0 Å². The summed E-state index contributed by atoms with van der Waals surface area (Å²) in [6.45, 7) is 6.57. The topological polar surface area (TPSA) is 63.5 Å². The van der Waals surface area contributed by atoms with E-state index in [9.17, 15) is 0 Å². The van der Waals surface area contributed by atoms with Crippen LogP contribution in [0.25, 0.3) is 5.69 Å². The second-order valence-corrected chi connectivity index (χ2v) is 7.84. The van der Waals surface area contributed by atoms with Crippen LogP contribution in [0.1, 0.15) is 42.6 Å². The SMILES string of the molecule is CN=C(NCc1ccccc1-n1nc(C)cc1C)NCC1(CCOC)CCC1. The molecule has 3 rings (SSSR count). The molecule has 2 aromatic rings. The predicted molar refractivity (Wildman–Crippen MR) is 114 cm³/mol. The molecule has 28 heavy (non-hydrogen) atoms. The summed E-state index contributed by atoms with van der Waals surface area (Å²) in [4.78, 5) is 4.41. The maximum atomic E-state index is 5.30. The zero-order valence-corrected chi connectivity index (χ0v) is 17.6. The summed E-state index contributed by atoms with van der Waals surface area (Å²) in [6, 6.07) is 10.5. The third-order valence-electron chi connectivity index (χ3n) is 5.78. The number of guanidine groups is 1. The summed E-state index contributed by atoms with van der Waals surface area (Å²) in [5, 5.41) is 11.6. The normalized spacial score (nSPS) is 15.9. The summed E-state index contributed by atoms with van der Waals surface area (Å²) in [6.07, 6.45) is 4.95. The van der Waals surface area contributed by atoms with Crippen molar-refractivity contribution in [3.63, 3.8) is 0 Å². The molecule has 1 aliphatic rings. The van der Waals surface area contributed by atoms with Crippen molar-refractivity contribution < 1.29 is 4.74 Å². The summed E-state index contributed by atoms with van der Waals surface area (Å²) in [5.74, 6) is 0.840. The maximum absolute atomic E-state index is 5.30. The molecule has 0 bridgehead atoms. The van der Waals surface area contributed by atoms with Gasteiger partial charge in [-0.25, -0.2) is 4.68 Å². The highest BCUT2D eigenvalue weighted by Gasteiger charge is 2.36. The Bertz CT molecular complexity index is 807. The number of aryl methyl sites for hydroxylation is 2. The molecule has 0 aliphatic heterocycles.